The fraction of sp³-hybridized carbons (Fsp3) is 0.576. The summed E-state index contributed by atoms with van der Waals surface area (Å²) >= 11 is 0. The van der Waals surface area contributed by atoms with Gasteiger partial charge in [-0.05, 0) is 98.6 Å². The van der Waals surface area contributed by atoms with Gasteiger partial charge in [-0.3, -0.25) is 4.79 Å². The Balaban J connectivity index is 1.24. The number of nitrogens with zero attached hydrogens (tertiary/aromatic N) is 2. The average molecular weight is 530 g/mol. The van der Waals surface area contributed by atoms with Crippen LogP contribution in [0.2, 0.25) is 0 Å². The first-order valence-corrected chi connectivity index (χ1v) is 14.9. The number of rotatable bonds is 6. The molecule has 5 atom stereocenters. The van der Waals surface area contributed by atoms with E-state index in [2.05, 4.69) is 80.6 Å². The molecule has 6 rings (SSSR count). The first kappa shape index (κ1) is 27.7. The van der Waals surface area contributed by atoms with Gasteiger partial charge in [0, 0.05) is 43.5 Å². The predicted octanol–water partition coefficient (Wildman–Crippen LogP) is 5.41. The number of nitrogens with one attached hydrogen (secondary N) is 3. The fourth-order valence-electron chi connectivity index (χ4n) is 7.14. The standard InChI is InChI=1S/C33H47N5O/c1-21-7-8-25(22(2)17-21)13-14-35-31(39)26-9-11-28(12-10-26)36-32(38-16-15-34-23(3)20-38)37-30-19-27-18-29(24(30)4)33(27,5)6/h7-12,17,23-24,27,29-30,34H,13-16,18-20H2,1-6H3,(H,35,39)(H,36,37)/t23-,24-,27+,29-,30-/m0/s1. The molecular weight excluding hydrogens is 482 g/mol. The van der Waals surface area contributed by atoms with Gasteiger partial charge in [0.15, 0.2) is 5.96 Å². The van der Waals surface area contributed by atoms with Gasteiger partial charge in [-0.25, -0.2) is 4.99 Å². The lowest BCUT2D eigenvalue weighted by Gasteiger charge is -2.61. The number of hydrogen-bond acceptors (Lipinski definition) is 3. The van der Waals surface area contributed by atoms with E-state index in [1.165, 1.54) is 29.5 Å². The molecular formula is C33H47N5O. The van der Waals surface area contributed by atoms with Crippen LogP contribution < -0.4 is 16.0 Å². The van der Waals surface area contributed by atoms with Crippen LogP contribution in [0.3, 0.4) is 0 Å². The molecule has 210 valence electrons. The lowest BCUT2D eigenvalue weighted by atomic mass is 9.45. The number of piperazine rings is 1. The second kappa shape index (κ2) is 11.3. The minimum absolute atomic E-state index is 0.0333. The Labute approximate surface area is 235 Å². The van der Waals surface area contributed by atoms with Gasteiger partial charge in [0.05, 0.1) is 6.04 Å². The first-order valence-electron chi connectivity index (χ1n) is 14.9. The van der Waals surface area contributed by atoms with E-state index in [1.54, 1.807) is 0 Å². The van der Waals surface area contributed by atoms with Crippen molar-refractivity contribution in [2.24, 2.45) is 28.2 Å². The Morgan fingerprint density at radius 1 is 1.10 bits per heavy atom. The zero-order valence-corrected chi connectivity index (χ0v) is 24.7. The molecule has 2 bridgehead atoms. The van der Waals surface area contributed by atoms with Crippen LogP contribution in [0, 0.1) is 37.0 Å². The third-order valence-corrected chi connectivity index (χ3v) is 9.85. The predicted molar refractivity (Wildman–Crippen MR) is 161 cm³/mol. The summed E-state index contributed by atoms with van der Waals surface area (Å²) in [6, 6.07) is 15.1. The monoisotopic (exact) mass is 529 g/mol. The van der Waals surface area contributed by atoms with Gasteiger partial charge in [-0.1, -0.05) is 44.5 Å². The Morgan fingerprint density at radius 2 is 1.87 bits per heavy atom. The van der Waals surface area contributed by atoms with Crippen LogP contribution in [0.25, 0.3) is 0 Å². The van der Waals surface area contributed by atoms with E-state index in [-0.39, 0.29) is 5.91 Å². The number of fused-ring (bicyclic) bond motifs is 2. The second-order valence-corrected chi connectivity index (χ2v) is 12.9. The molecule has 3 aliphatic carbocycles. The van der Waals surface area contributed by atoms with Crippen LogP contribution in [0.5, 0.6) is 0 Å². The quantitative estimate of drug-likeness (QED) is 0.346. The summed E-state index contributed by atoms with van der Waals surface area (Å²) in [5.74, 6) is 3.08. The number of carbonyl (C=O) groups excluding carboxylic acids is 1. The van der Waals surface area contributed by atoms with Gasteiger partial charge >= 0.3 is 0 Å². The molecule has 6 nitrogen and oxygen atoms in total. The summed E-state index contributed by atoms with van der Waals surface area (Å²) < 4.78 is 0. The Bertz CT molecular complexity index is 1200. The zero-order chi connectivity index (χ0) is 27.7. The van der Waals surface area contributed by atoms with Gasteiger partial charge < -0.3 is 20.9 Å². The van der Waals surface area contributed by atoms with E-state index in [1.807, 2.05) is 24.3 Å². The van der Waals surface area contributed by atoms with E-state index < -0.39 is 0 Å². The van der Waals surface area contributed by atoms with Gasteiger partial charge in [0.2, 0.25) is 0 Å². The van der Waals surface area contributed by atoms with Crippen molar-refractivity contribution in [3.05, 3.63) is 64.7 Å². The first-order chi connectivity index (χ1) is 18.6. The molecule has 4 aliphatic rings. The number of guanidine groups is 1. The highest BCUT2D eigenvalue weighted by molar-refractivity contribution is 5.96. The zero-order valence-electron chi connectivity index (χ0n) is 24.7. The molecule has 3 N–H and O–H groups in total. The number of aliphatic imine (C=N–C) groups is 1. The molecule has 0 aromatic heterocycles. The molecule has 0 unspecified atom stereocenters. The van der Waals surface area contributed by atoms with Crippen molar-refractivity contribution in [3.8, 4) is 0 Å². The van der Waals surface area contributed by atoms with Gasteiger partial charge in [-0.2, -0.15) is 0 Å². The van der Waals surface area contributed by atoms with Crippen molar-refractivity contribution >= 4 is 17.6 Å². The van der Waals surface area contributed by atoms with Crippen molar-refractivity contribution in [1.82, 2.24) is 15.5 Å². The summed E-state index contributed by atoms with van der Waals surface area (Å²) in [6.07, 6.45) is 3.37. The smallest absolute Gasteiger partial charge is 0.251 e. The maximum Gasteiger partial charge on any atom is 0.251 e. The molecule has 0 spiro atoms. The molecule has 1 saturated heterocycles. The molecule has 4 fully saturated rings. The van der Waals surface area contributed by atoms with Crippen LogP contribution in [0.15, 0.2) is 47.5 Å². The fourth-order valence-corrected chi connectivity index (χ4v) is 7.14. The summed E-state index contributed by atoms with van der Waals surface area (Å²) in [7, 11) is 0. The lowest BCUT2D eigenvalue weighted by molar-refractivity contribution is -0.108. The molecule has 1 heterocycles. The summed E-state index contributed by atoms with van der Waals surface area (Å²) in [4.78, 5) is 20.6. The third kappa shape index (κ3) is 6.01. The Kier molecular flexibility index (Phi) is 8.04. The molecule has 0 radical (unpaired) electrons. The Morgan fingerprint density at radius 3 is 2.54 bits per heavy atom. The number of anilines is 1. The van der Waals surface area contributed by atoms with Gasteiger partial charge in [0.25, 0.3) is 5.91 Å². The third-order valence-electron chi connectivity index (χ3n) is 9.85. The van der Waals surface area contributed by atoms with E-state index in [9.17, 15) is 4.79 Å². The van der Waals surface area contributed by atoms with Crippen LogP contribution in [-0.4, -0.2) is 55.0 Å². The minimum atomic E-state index is -0.0333. The van der Waals surface area contributed by atoms with Crippen LogP contribution >= 0.6 is 0 Å². The summed E-state index contributed by atoms with van der Waals surface area (Å²) in [5, 5.41) is 10.3. The van der Waals surface area contributed by atoms with Gasteiger partial charge in [0.1, 0.15) is 0 Å². The number of carbonyl (C=O) groups is 1. The number of aryl methyl sites for hydroxylation is 2. The number of amides is 1. The van der Waals surface area contributed by atoms with Crippen molar-refractivity contribution in [1.29, 1.82) is 0 Å². The maximum atomic E-state index is 12.8. The average Bonchev–Trinajstić information content (AvgIpc) is 2.90. The van der Waals surface area contributed by atoms with Crippen LogP contribution in [0.1, 0.15) is 67.6 Å². The molecule has 1 aliphatic heterocycles. The molecule has 39 heavy (non-hydrogen) atoms. The van der Waals surface area contributed by atoms with Gasteiger partial charge in [-0.15, -0.1) is 0 Å². The molecule has 3 saturated carbocycles. The lowest BCUT2D eigenvalue weighted by Crippen LogP contribution is -2.57. The topological polar surface area (TPSA) is 68.8 Å². The van der Waals surface area contributed by atoms with Crippen LogP contribution in [-0.2, 0) is 6.42 Å². The minimum Gasteiger partial charge on any atom is -0.352 e. The highest BCUT2D eigenvalue weighted by atomic mass is 16.1. The van der Waals surface area contributed by atoms with Crippen molar-refractivity contribution in [3.63, 3.8) is 0 Å². The van der Waals surface area contributed by atoms with E-state index in [0.29, 0.717) is 35.5 Å². The number of hydrogen-bond donors (Lipinski definition) is 3. The Hall–Kier alpha value is -2.86. The SMILES string of the molecule is Cc1ccc(CCNC(=O)c2ccc(NC(=N[C@H]3C[C@H]4C[C@@H]([C@@H]3C)C4(C)C)N3CCN[C@@H](C)C3)cc2)c(C)c1. The summed E-state index contributed by atoms with van der Waals surface area (Å²) in [6.45, 7) is 17.2. The molecule has 2 aromatic rings. The molecule has 2 aromatic carbocycles. The van der Waals surface area contributed by atoms with Crippen molar-refractivity contribution in [2.75, 3.05) is 31.5 Å². The van der Waals surface area contributed by atoms with Crippen molar-refractivity contribution in [2.45, 2.75) is 72.9 Å². The highest BCUT2D eigenvalue weighted by Crippen LogP contribution is 2.61. The largest absolute Gasteiger partial charge is 0.352 e. The van der Waals surface area contributed by atoms with E-state index in [0.717, 1.165) is 49.5 Å². The van der Waals surface area contributed by atoms with Crippen molar-refractivity contribution < 1.29 is 4.79 Å². The normalized spacial score (nSPS) is 28.0. The maximum absolute atomic E-state index is 12.8. The van der Waals surface area contributed by atoms with Crippen LogP contribution in [0.4, 0.5) is 5.69 Å². The van der Waals surface area contributed by atoms with E-state index >= 15 is 0 Å². The second-order valence-electron chi connectivity index (χ2n) is 12.9. The molecule has 1 amide bonds. The summed E-state index contributed by atoms with van der Waals surface area (Å²) in [5.41, 5.74) is 5.93. The molecule has 6 heteroatoms. The van der Waals surface area contributed by atoms with E-state index in [4.69, 9.17) is 4.99 Å². The number of benzene rings is 2. The highest BCUT2D eigenvalue weighted by Gasteiger charge is 2.56.